The minimum atomic E-state index is 0.589. The molecule has 0 amide bonds. The van der Waals surface area contributed by atoms with Crippen molar-refractivity contribution in [1.29, 1.82) is 0 Å². The Morgan fingerprint density at radius 1 is 1.70 bits per heavy atom. The lowest BCUT2D eigenvalue weighted by atomic mass is 10.2. The first kappa shape index (κ1) is 7.28. The number of aromatic nitrogens is 2. The maximum atomic E-state index is 5.47. The van der Waals surface area contributed by atoms with Crippen LogP contribution in [0, 0.1) is 0 Å². The molecule has 1 aromatic rings. The van der Waals surface area contributed by atoms with Gasteiger partial charge in [-0.05, 0) is 6.42 Å². The van der Waals surface area contributed by atoms with Crippen molar-refractivity contribution in [3.8, 4) is 0 Å². The lowest BCUT2D eigenvalue weighted by Crippen LogP contribution is -1.98. The Bertz CT molecular complexity index is 192. The first-order valence-electron chi connectivity index (χ1n) is 3.59. The van der Waals surface area contributed by atoms with Gasteiger partial charge in [0.25, 0.3) is 0 Å². The molecule has 0 fully saturated rings. The molecule has 3 N–H and O–H groups in total. The Morgan fingerprint density at radius 3 is 3.10 bits per heavy atom. The molecule has 1 heterocycles. The maximum absolute atomic E-state index is 5.47. The van der Waals surface area contributed by atoms with E-state index in [1.54, 1.807) is 6.20 Å². The smallest absolute Gasteiger partial charge is 0.0535 e. The summed E-state index contributed by atoms with van der Waals surface area (Å²) in [5.41, 5.74) is 7.79. The molecule has 3 heteroatoms. The molecule has 0 saturated heterocycles. The fourth-order valence-corrected chi connectivity index (χ4v) is 0.980. The van der Waals surface area contributed by atoms with E-state index in [2.05, 4.69) is 17.1 Å². The van der Waals surface area contributed by atoms with Crippen LogP contribution >= 0.6 is 0 Å². The minimum Gasteiger partial charge on any atom is -0.326 e. The zero-order valence-electron chi connectivity index (χ0n) is 6.22. The van der Waals surface area contributed by atoms with Crippen molar-refractivity contribution >= 4 is 0 Å². The Balaban J connectivity index is 2.70. The Hall–Kier alpha value is -0.830. The molecule has 3 nitrogen and oxygen atoms in total. The summed E-state index contributed by atoms with van der Waals surface area (Å²) in [6, 6.07) is 0. The molecule has 56 valence electrons. The molecule has 0 aliphatic rings. The molecule has 0 unspecified atom stereocenters. The second-order valence-electron chi connectivity index (χ2n) is 2.33. The molecule has 0 radical (unpaired) electrons. The predicted octanol–water partition coefficient (Wildman–Crippen LogP) is 0.821. The van der Waals surface area contributed by atoms with Crippen LogP contribution < -0.4 is 5.73 Å². The average Bonchev–Trinajstić information content (AvgIpc) is 2.36. The van der Waals surface area contributed by atoms with Gasteiger partial charge in [-0.25, -0.2) is 0 Å². The molecule has 0 spiro atoms. The van der Waals surface area contributed by atoms with Gasteiger partial charge in [0.15, 0.2) is 0 Å². The van der Waals surface area contributed by atoms with E-state index < -0.39 is 0 Å². The topological polar surface area (TPSA) is 54.7 Å². The van der Waals surface area contributed by atoms with Gasteiger partial charge in [-0.3, -0.25) is 5.10 Å². The summed E-state index contributed by atoms with van der Waals surface area (Å²) in [7, 11) is 0. The van der Waals surface area contributed by atoms with Crippen LogP contribution in [0.1, 0.15) is 24.6 Å². The third-order valence-corrected chi connectivity index (χ3v) is 1.53. The van der Waals surface area contributed by atoms with Gasteiger partial charge in [0.1, 0.15) is 0 Å². The summed E-state index contributed by atoms with van der Waals surface area (Å²) < 4.78 is 0. The molecule has 10 heavy (non-hydrogen) atoms. The summed E-state index contributed by atoms with van der Waals surface area (Å²) in [5, 5.41) is 6.83. The standard InChI is InChI=1S/C7H13N3/c1-2-3-7-6(4-8)5-9-10-7/h5H,2-4,8H2,1H3,(H,9,10). The van der Waals surface area contributed by atoms with Crippen LogP contribution in [0.5, 0.6) is 0 Å². The van der Waals surface area contributed by atoms with Gasteiger partial charge in [-0.15, -0.1) is 0 Å². The summed E-state index contributed by atoms with van der Waals surface area (Å²) >= 11 is 0. The van der Waals surface area contributed by atoms with Gasteiger partial charge in [0.05, 0.1) is 6.20 Å². The zero-order valence-corrected chi connectivity index (χ0v) is 6.22. The second kappa shape index (κ2) is 3.37. The first-order valence-corrected chi connectivity index (χ1v) is 3.59. The SMILES string of the molecule is CCCc1[nH]ncc1CN. The van der Waals surface area contributed by atoms with Crippen molar-refractivity contribution in [2.24, 2.45) is 5.73 Å². The van der Waals surface area contributed by atoms with Crippen LogP contribution in [-0.2, 0) is 13.0 Å². The van der Waals surface area contributed by atoms with E-state index in [1.807, 2.05) is 0 Å². The normalized spacial score (nSPS) is 10.2. The maximum Gasteiger partial charge on any atom is 0.0535 e. The number of hydrogen-bond donors (Lipinski definition) is 2. The van der Waals surface area contributed by atoms with Crippen molar-refractivity contribution < 1.29 is 0 Å². The van der Waals surface area contributed by atoms with Gasteiger partial charge >= 0.3 is 0 Å². The highest BCUT2D eigenvalue weighted by Crippen LogP contribution is 2.04. The highest BCUT2D eigenvalue weighted by Gasteiger charge is 1.99. The highest BCUT2D eigenvalue weighted by atomic mass is 15.1. The van der Waals surface area contributed by atoms with Crippen molar-refractivity contribution in [1.82, 2.24) is 10.2 Å². The van der Waals surface area contributed by atoms with Gasteiger partial charge in [-0.2, -0.15) is 5.10 Å². The minimum absolute atomic E-state index is 0.589. The van der Waals surface area contributed by atoms with Crippen LogP contribution in [0.3, 0.4) is 0 Å². The summed E-state index contributed by atoms with van der Waals surface area (Å²) in [4.78, 5) is 0. The second-order valence-corrected chi connectivity index (χ2v) is 2.33. The van der Waals surface area contributed by atoms with Crippen LogP contribution in [0.25, 0.3) is 0 Å². The number of H-pyrrole nitrogens is 1. The van der Waals surface area contributed by atoms with E-state index in [-0.39, 0.29) is 0 Å². The first-order chi connectivity index (χ1) is 4.88. The highest BCUT2D eigenvalue weighted by molar-refractivity contribution is 5.15. The van der Waals surface area contributed by atoms with Crippen LogP contribution in [-0.4, -0.2) is 10.2 Å². The summed E-state index contributed by atoms with van der Waals surface area (Å²) in [6.45, 7) is 2.73. The molecule has 0 atom stereocenters. The molecule has 1 rings (SSSR count). The quantitative estimate of drug-likeness (QED) is 0.651. The van der Waals surface area contributed by atoms with Crippen LogP contribution in [0.4, 0.5) is 0 Å². The van der Waals surface area contributed by atoms with Crippen molar-refractivity contribution in [2.75, 3.05) is 0 Å². The van der Waals surface area contributed by atoms with E-state index in [0.717, 1.165) is 18.4 Å². The average molecular weight is 139 g/mol. The van der Waals surface area contributed by atoms with E-state index in [9.17, 15) is 0 Å². The fraction of sp³-hybridized carbons (Fsp3) is 0.571. The van der Waals surface area contributed by atoms with Gasteiger partial charge < -0.3 is 5.73 Å². The summed E-state index contributed by atoms with van der Waals surface area (Å²) in [6.07, 6.45) is 3.98. The molecule has 1 aromatic heterocycles. The third kappa shape index (κ3) is 1.36. The summed E-state index contributed by atoms with van der Waals surface area (Å²) in [5.74, 6) is 0. The predicted molar refractivity (Wildman–Crippen MR) is 40.5 cm³/mol. The largest absolute Gasteiger partial charge is 0.326 e. The number of nitrogens with one attached hydrogen (secondary N) is 1. The molecule has 0 aromatic carbocycles. The van der Waals surface area contributed by atoms with E-state index in [4.69, 9.17) is 5.73 Å². The molecule has 0 bridgehead atoms. The molecule has 0 aliphatic carbocycles. The van der Waals surface area contributed by atoms with E-state index >= 15 is 0 Å². The lowest BCUT2D eigenvalue weighted by Gasteiger charge is -1.95. The van der Waals surface area contributed by atoms with Crippen molar-refractivity contribution in [2.45, 2.75) is 26.3 Å². The van der Waals surface area contributed by atoms with Gasteiger partial charge in [0, 0.05) is 17.8 Å². The molecular formula is C7H13N3. The van der Waals surface area contributed by atoms with Crippen molar-refractivity contribution in [3.05, 3.63) is 17.5 Å². The number of nitrogens with two attached hydrogens (primary N) is 1. The van der Waals surface area contributed by atoms with Crippen molar-refractivity contribution in [3.63, 3.8) is 0 Å². The lowest BCUT2D eigenvalue weighted by molar-refractivity contribution is 0.851. The molecule has 0 saturated carbocycles. The monoisotopic (exact) mass is 139 g/mol. The van der Waals surface area contributed by atoms with Gasteiger partial charge in [0.2, 0.25) is 0 Å². The number of nitrogens with zero attached hydrogens (tertiary/aromatic N) is 1. The van der Waals surface area contributed by atoms with Crippen LogP contribution in [0.2, 0.25) is 0 Å². The number of rotatable bonds is 3. The number of hydrogen-bond acceptors (Lipinski definition) is 2. The van der Waals surface area contributed by atoms with E-state index in [0.29, 0.717) is 6.54 Å². The molecular weight excluding hydrogens is 126 g/mol. The third-order valence-electron chi connectivity index (χ3n) is 1.53. The zero-order chi connectivity index (χ0) is 7.40. The Labute approximate surface area is 60.6 Å². The number of aryl methyl sites for hydroxylation is 1. The van der Waals surface area contributed by atoms with E-state index in [1.165, 1.54) is 5.69 Å². The Kier molecular flexibility index (Phi) is 2.45. The molecule has 0 aliphatic heterocycles. The fourth-order valence-electron chi connectivity index (χ4n) is 0.980. The van der Waals surface area contributed by atoms with Crippen LogP contribution in [0.15, 0.2) is 6.20 Å². The van der Waals surface area contributed by atoms with Gasteiger partial charge in [-0.1, -0.05) is 13.3 Å². The number of aromatic amines is 1. The Morgan fingerprint density at radius 2 is 2.50 bits per heavy atom.